The Morgan fingerprint density at radius 3 is 2.25 bits per heavy atom. The molecule has 0 radical (unpaired) electrons. The molecule has 6 heteroatoms. The summed E-state index contributed by atoms with van der Waals surface area (Å²) in [4.78, 5) is 6.88. The van der Waals surface area contributed by atoms with Crippen LogP contribution in [0.5, 0.6) is 0 Å². The number of nitrogens with zero attached hydrogens (tertiary/aromatic N) is 2. The minimum Gasteiger partial charge on any atom is -0.381 e. The Kier molecular flexibility index (Phi) is 16.3. The average molecular weight is 454 g/mol. The van der Waals surface area contributed by atoms with Crippen LogP contribution >= 0.6 is 24.0 Å². The Labute approximate surface area is 166 Å². The number of likely N-dealkylation sites (tertiary alicyclic amines) is 1. The van der Waals surface area contributed by atoms with Crippen LogP contribution in [0.3, 0.4) is 0 Å². The lowest BCUT2D eigenvalue weighted by atomic mass is 10.2. The maximum Gasteiger partial charge on any atom is 0.190 e. The van der Waals surface area contributed by atoms with Gasteiger partial charge in [-0.2, -0.15) is 0 Å². The van der Waals surface area contributed by atoms with Gasteiger partial charge in [0.2, 0.25) is 0 Å². The molecule has 1 saturated heterocycles. The van der Waals surface area contributed by atoms with E-state index < -0.39 is 0 Å². The van der Waals surface area contributed by atoms with Crippen molar-refractivity contribution in [1.29, 1.82) is 0 Å². The van der Waals surface area contributed by atoms with Crippen molar-refractivity contribution in [3.63, 3.8) is 0 Å². The van der Waals surface area contributed by atoms with Crippen LogP contribution in [0.2, 0.25) is 0 Å². The lowest BCUT2D eigenvalue weighted by molar-refractivity contribution is 0.108. The zero-order valence-corrected chi connectivity index (χ0v) is 18.3. The highest BCUT2D eigenvalue weighted by atomic mass is 127. The minimum atomic E-state index is 0. The standard InChI is InChI=1S/C18H38N4O.HI/c1-17(2)16-23-15-9-11-21-18(19-3)20-10-8-14-22-12-6-4-5-7-13-22;/h17H,4-16H2,1-3H3,(H2,19,20,21);1H. The summed E-state index contributed by atoms with van der Waals surface area (Å²) in [5.74, 6) is 1.52. The Bertz CT molecular complexity index is 305. The van der Waals surface area contributed by atoms with Crippen LogP contribution in [0.25, 0.3) is 0 Å². The molecule has 144 valence electrons. The third kappa shape index (κ3) is 13.2. The summed E-state index contributed by atoms with van der Waals surface area (Å²) in [7, 11) is 1.83. The first-order chi connectivity index (χ1) is 11.2. The fraction of sp³-hybridized carbons (Fsp3) is 0.944. The Balaban J connectivity index is 0.00000529. The van der Waals surface area contributed by atoms with Crippen LogP contribution in [0.1, 0.15) is 52.4 Å². The molecule has 0 aromatic carbocycles. The topological polar surface area (TPSA) is 48.9 Å². The Morgan fingerprint density at radius 2 is 1.67 bits per heavy atom. The van der Waals surface area contributed by atoms with Gasteiger partial charge >= 0.3 is 0 Å². The molecule has 0 spiro atoms. The lowest BCUT2D eigenvalue weighted by Crippen LogP contribution is -2.39. The van der Waals surface area contributed by atoms with E-state index in [1.807, 2.05) is 7.05 Å². The molecular weight excluding hydrogens is 415 g/mol. The van der Waals surface area contributed by atoms with E-state index in [1.54, 1.807) is 0 Å². The fourth-order valence-electron chi connectivity index (χ4n) is 2.79. The van der Waals surface area contributed by atoms with Crippen molar-refractivity contribution in [3.8, 4) is 0 Å². The van der Waals surface area contributed by atoms with E-state index in [9.17, 15) is 0 Å². The quantitative estimate of drug-likeness (QED) is 0.231. The predicted octanol–water partition coefficient (Wildman–Crippen LogP) is 3.10. The van der Waals surface area contributed by atoms with Gasteiger partial charge < -0.3 is 20.3 Å². The van der Waals surface area contributed by atoms with Gasteiger partial charge in [0.05, 0.1) is 0 Å². The van der Waals surface area contributed by atoms with Gasteiger partial charge in [-0.05, 0) is 51.2 Å². The van der Waals surface area contributed by atoms with Gasteiger partial charge in [0.25, 0.3) is 0 Å². The average Bonchev–Trinajstić information content (AvgIpc) is 2.81. The summed E-state index contributed by atoms with van der Waals surface area (Å²) in [6.45, 7) is 11.7. The number of hydrogen-bond donors (Lipinski definition) is 2. The fourth-order valence-corrected chi connectivity index (χ4v) is 2.79. The number of ether oxygens (including phenoxy) is 1. The molecule has 0 bridgehead atoms. The molecule has 0 unspecified atom stereocenters. The highest BCUT2D eigenvalue weighted by Gasteiger charge is 2.08. The Hall–Kier alpha value is -0.0800. The van der Waals surface area contributed by atoms with E-state index in [1.165, 1.54) is 51.7 Å². The minimum absolute atomic E-state index is 0. The largest absolute Gasteiger partial charge is 0.381 e. The van der Waals surface area contributed by atoms with E-state index >= 15 is 0 Å². The highest BCUT2D eigenvalue weighted by molar-refractivity contribution is 14.0. The third-order valence-electron chi connectivity index (χ3n) is 4.07. The van der Waals surface area contributed by atoms with Crippen LogP contribution < -0.4 is 10.6 Å². The van der Waals surface area contributed by atoms with Crippen molar-refractivity contribution in [2.24, 2.45) is 10.9 Å². The molecule has 1 heterocycles. The summed E-state index contributed by atoms with van der Waals surface area (Å²) in [5, 5.41) is 6.76. The molecule has 0 atom stereocenters. The van der Waals surface area contributed by atoms with Crippen molar-refractivity contribution in [2.75, 3.05) is 53.0 Å². The van der Waals surface area contributed by atoms with Crippen molar-refractivity contribution < 1.29 is 4.74 Å². The van der Waals surface area contributed by atoms with Crippen LogP contribution in [-0.4, -0.2) is 63.8 Å². The van der Waals surface area contributed by atoms with Gasteiger partial charge in [-0.3, -0.25) is 4.99 Å². The molecule has 0 amide bonds. The second-order valence-corrected chi connectivity index (χ2v) is 6.86. The van der Waals surface area contributed by atoms with E-state index in [0.717, 1.165) is 38.7 Å². The molecule has 1 aliphatic heterocycles. The zero-order valence-electron chi connectivity index (χ0n) is 16.0. The molecule has 24 heavy (non-hydrogen) atoms. The normalized spacial score (nSPS) is 16.6. The first-order valence-electron chi connectivity index (χ1n) is 9.47. The van der Waals surface area contributed by atoms with Gasteiger partial charge in [0, 0.05) is 33.4 Å². The number of nitrogens with one attached hydrogen (secondary N) is 2. The van der Waals surface area contributed by atoms with Crippen LogP contribution in [0.15, 0.2) is 4.99 Å². The van der Waals surface area contributed by atoms with Gasteiger partial charge in [0.1, 0.15) is 0 Å². The maximum absolute atomic E-state index is 5.58. The molecule has 5 nitrogen and oxygen atoms in total. The van der Waals surface area contributed by atoms with Crippen LogP contribution in [-0.2, 0) is 4.74 Å². The first kappa shape index (κ1) is 23.9. The van der Waals surface area contributed by atoms with Crippen molar-refractivity contribution in [1.82, 2.24) is 15.5 Å². The van der Waals surface area contributed by atoms with Gasteiger partial charge in [0.15, 0.2) is 5.96 Å². The second kappa shape index (κ2) is 16.4. The van der Waals surface area contributed by atoms with Crippen molar-refractivity contribution in [3.05, 3.63) is 0 Å². The summed E-state index contributed by atoms with van der Waals surface area (Å²) >= 11 is 0. The molecule has 0 aliphatic carbocycles. The number of halogens is 1. The van der Waals surface area contributed by atoms with Crippen LogP contribution in [0, 0.1) is 5.92 Å². The van der Waals surface area contributed by atoms with Crippen molar-refractivity contribution in [2.45, 2.75) is 52.4 Å². The summed E-state index contributed by atoms with van der Waals surface area (Å²) in [6, 6.07) is 0. The number of hydrogen-bond acceptors (Lipinski definition) is 3. The Morgan fingerprint density at radius 1 is 1.04 bits per heavy atom. The smallest absolute Gasteiger partial charge is 0.190 e. The summed E-state index contributed by atoms with van der Waals surface area (Å²) in [5.41, 5.74) is 0. The van der Waals surface area contributed by atoms with E-state index in [-0.39, 0.29) is 24.0 Å². The monoisotopic (exact) mass is 454 g/mol. The van der Waals surface area contributed by atoms with E-state index in [4.69, 9.17) is 4.74 Å². The molecule has 0 aromatic rings. The van der Waals surface area contributed by atoms with Gasteiger partial charge in [-0.25, -0.2) is 0 Å². The zero-order chi connectivity index (χ0) is 16.8. The number of guanidine groups is 1. The second-order valence-electron chi connectivity index (χ2n) is 6.86. The summed E-state index contributed by atoms with van der Waals surface area (Å²) in [6.07, 6.45) is 7.75. The lowest BCUT2D eigenvalue weighted by Gasteiger charge is -2.20. The van der Waals surface area contributed by atoms with Crippen LogP contribution in [0.4, 0.5) is 0 Å². The molecule has 0 aromatic heterocycles. The number of rotatable bonds is 10. The maximum atomic E-state index is 5.58. The first-order valence-corrected chi connectivity index (χ1v) is 9.47. The highest BCUT2D eigenvalue weighted by Crippen LogP contribution is 2.09. The SMILES string of the molecule is CN=C(NCCCOCC(C)C)NCCCN1CCCCCC1.I. The molecule has 2 N–H and O–H groups in total. The van der Waals surface area contributed by atoms with Crippen molar-refractivity contribution >= 4 is 29.9 Å². The molecule has 1 rings (SSSR count). The third-order valence-corrected chi connectivity index (χ3v) is 4.07. The molecule has 1 aliphatic rings. The molecule has 1 fully saturated rings. The molecular formula is C18H39IN4O. The van der Waals surface area contributed by atoms with E-state index in [2.05, 4.69) is 34.4 Å². The number of aliphatic imine (C=N–C) groups is 1. The summed E-state index contributed by atoms with van der Waals surface area (Å²) < 4.78 is 5.58. The van der Waals surface area contributed by atoms with Gasteiger partial charge in [-0.15, -0.1) is 24.0 Å². The van der Waals surface area contributed by atoms with E-state index in [0.29, 0.717) is 5.92 Å². The predicted molar refractivity (Wildman–Crippen MR) is 115 cm³/mol. The molecule has 0 saturated carbocycles. The van der Waals surface area contributed by atoms with Gasteiger partial charge in [-0.1, -0.05) is 26.7 Å².